The normalized spacial score (nSPS) is 26.4. The van der Waals surface area contributed by atoms with Crippen LogP contribution in [0.5, 0.6) is 0 Å². The zero-order chi connectivity index (χ0) is 15.7. The highest BCUT2D eigenvalue weighted by Crippen LogP contribution is 2.29. The van der Waals surface area contributed by atoms with Gasteiger partial charge in [0.15, 0.2) is 6.67 Å². The summed E-state index contributed by atoms with van der Waals surface area (Å²) < 4.78 is 6.25. The molecule has 0 bridgehead atoms. The van der Waals surface area contributed by atoms with Crippen LogP contribution in [-0.2, 0) is 15.1 Å². The minimum absolute atomic E-state index is 0.196. The van der Waals surface area contributed by atoms with Crippen LogP contribution in [0.1, 0.15) is 12.5 Å². The maximum absolute atomic E-state index is 12.8. The Hall–Kier alpha value is -1.44. The largest absolute Gasteiger partial charge is 0.370 e. The number of halogens is 1. The Morgan fingerprint density at radius 3 is 2.55 bits per heavy atom. The summed E-state index contributed by atoms with van der Waals surface area (Å²) in [5.41, 5.74) is -0.211. The molecule has 0 saturated carbocycles. The zero-order valence-corrected chi connectivity index (χ0v) is 14.0. The van der Waals surface area contributed by atoms with E-state index in [2.05, 4.69) is 21.2 Å². The molecule has 1 aromatic rings. The number of morpholine rings is 1. The second-order valence-corrected chi connectivity index (χ2v) is 6.73. The maximum atomic E-state index is 12.8. The molecule has 0 aliphatic carbocycles. The highest BCUT2D eigenvalue weighted by Gasteiger charge is 2.50. The first-order chi connectivity index (χ1) is 10.5. The Kier molecular flexibility index (Phi) is 4.20. The Balaban J connectivity index is 1.79. The third kappa shape index (κ3) is 2.76. The van der Waals surface area contributed by atoms with Crippen molar-refractivity contribution in [3.8, 4) is 0 Å². The molecule has 2 saturated heterocycles. The molecular formula is C15H19BrN3O3+. The number of carbonyl (C=O) groups is 2. The number of urea groups is 1. The van der Waals surface area contributed by atoms with E-state index < -0.39 is 5.54 Å². The highest BCUT2D eigenvalue weighted by atomic mass is 79.9. The van der Waals surface area contributed by atoms with E-state index in [9.17, 15) is 9.59 Å². The van der Waals surface area contributed by atoms with Gasteiger partial charge in [-0.15, -0.1) is 0 Å². The number of rotatable bonds is 3. The van der Waals surface area contributed by atoms with Crippen molar-refractivity contribution in [1.29, 1.82) is 0 Å². The van der Waals surface area contributed by atoms with E-state index in [-0.39, 0.29) is 11.9 Å². The number of carbonyl (C=O) groups excluding carboxylic acids is 2. The molecule has 1 atom stereocenters. The van der Waals surface area contributed by atoms with Gasteiger partial charge in [0.05, 0.1) is 13.2 Å². The summed E-state index contributed by atoms with van der Waals surface area (Å²) in [5, 5.41) is 2.83. The van der Waals surface area contributed by atoms with Gasteiger partial charge in [0.2, 0.25) is 0 Å². The van der Waals surface area contributed by atoms with E-state index in [0.29, 0.717) is 19.9 Å². The van der Waals surface area contributed by atoms with Gasteiger partial charge >= 0.3 is 6.03 Å². The van der Waals surface area contributed by atoms with E-state index in [4.69, 9.17) is 4.74 Å². The van der Waals surface area contributed by atoms with E-state index in [1.165, 1.54) is 9.80 Å². The molecule has 7 heteroatoms. The SMILES string of the molecule is C[C@]1(c2ccc(Br)cc2)NC(=O)N(C[NH+]2CCOCC2)C1=O. The predicted octanol–water partition coefficient (Wildman–Crippen LogP) is 0.0887. The van der Waals surface area contributed by atoms with Crippen molar-refractivity contribution >= 4 is 27.9 Å². The Morgan fingerprint density at radius 1 is 1.27 bits per heavy atom. The van der Waals surface area contributed by atoms with Crippen molar-refractivity contribution in [2.24, 2.45) is 0 Å². The summed E-state index contributed by atoms with van der Waals surface area (Å²) >= 11 is 3.38. The van der Waals surface area contributed by atoms with E-state index in [1.54, 1.807) is 6.92 Å². The second kappa shape index (κ2) is 5.98. The van der Waals surface area contributed by atoms with E-state index in [1.807, 2.05) is 24.3 Å². The lowest BCUT2D eigenvalue weighted by molar-refractivity contribution is -0.915. The van der Waals surface area contributed by atoms with Gasteiger partial charge in [-0.05, 0) is 24.6 Å². The van der Waals surface area contributed by atoms with Crippen LogP contribution in [0.3, 0.4) is 0 Å². The van der Waals surface area contributed by atoms with Gasteiger partial charge in [0.1, 0.15) is 18.6 Å². The zero-order valence-electron chi connectivity index (χ0n) is 12.4. The molecule has 118 valence electrons. The first-order valence-electron chi connectivity index (χ1n) is 7.32. The maximum Gasteiger partial charge on any atom is 0.329 e. The summed E-state index contributed by atoms with van der Waals surface area (Å²) in [5.74, 6) is -0.196. The van der Waals surface area contributed by atoms with Gasteiger partial charge in [-0.2, -0.15) is 0 Å². The van der Waals surface area contributed by atoms with Crippen molar-refractivity contribution < 1.29 is 19.2 Å². The third-order valence-corrected chi connectivity index (χ3v) is 4.81. The average Bonchev–Trinajstić information content (AvgIpc) is 2.73. The standard InChI is InChI=1S/C15H18BrN3O3/c1-15(11-2-4-12(16)5-3-11)13(20)19(14(21)17-15)10-18-6-8-22-9-7-18/h2-5H,6-10H2,1H3,(H,17,21)/p+1/t15-/m1/s1. The van der Waals surface area contributed by atoms with Gasteiger partial charge in [-0.25, -0.2) is 9.69 Å². The highest BCUT2D eigenvalue weighted by molar-refractivity contribution is 9.10. The molecule has 2 fully saturated rings. The number of amides is 3. The molecule has 3 amide bonds. The molecule has 22 heavy (non-hydrogen) atoms. The number of quaternary nitrogens is 1. The fourth-order valence-corrected chi connectivity index (χ4v) is 3.13. The molecular weight excluding hydrogens is 350 g/mol. The van der Waals surface area contributed by atoms with Crippen LogP contribution in [-0.4, -0.2) is 49.8 Å². The van der Waals surface area contributed by atoms with Gasteiger partial charge in [0.25, 0.3) is 5.91 Å². The van der Waals surface area contributed by atoms with Crippen LogP contribution in [0.2, 0.25) is 0 Å². The smallest absolute Gasteiger partial charge is 0.329 e. The number of hydrogen-bond donors (Lipinski definition) is 2. The topological polar surface area (TPSA) is 63.1 Å². The van der Waals surface area contributed by atoms with Crippen molar-refractivity contribution in [2.75, 3.05) is 33.0 Å². The molecule has 2 N–H and O–H groups in total. The van der Waals surface area contributed by atoms with Gasteiger partial charge < -0.3 is 15.0 Å². The molecule has 1 aromatic carbocycles. The fourth-order valence-electron chi connectivity index (χ4n) is 2.86. The van der Waals surface area contributed by atoms with Gasteiger partial charge in [-0.3, -0.25) is 4.79 Å². The number of hydrogen-bond acceptors (Lipinski definition) is 3. The number of nitrogens with zero attached hydrogens (tertiary/aromatic N) is 1. The summed E-state index contributed by atoms with van der Waals surface area (Å²) in [6, 6.07) is 7.13. The first kappa shape index (κ1) is 15.5. The molecule has 0 aromatic heterocycles. The Bertz CT molecular complexity index is 586. The van der Waals surface area contributed by atoms with Gasteiger partial charge in [0, 0.05) is 4.47 Å². The van der Waals surface area contributed by atoms with Crippen LogP contribution < -0.4 is 10.2 Å². The number of imide groups is 1. The third-order valence-electron chi connectivity index (χ3n) is 4.28. The fraction of sp³-hybridized carbons (Fsp3) is 0.467. The average molecular weight is 369 g/mol. The van der Waals surface area contributed by atoms with Crippen LogP contribution in [0.4, 0.5) is 4.79 Å². The molecule has 0 radical (unpaired) electrons. The van der Waals surface area contributed by atoms with Gasteiger partial charge in [-0.1, -0.05) is 28.1 Å². The Labute approximate surface area is 137 Å². The van der Waals surface area contributed by atoms with Crippen LogP contribution in [0.15, 0.2) is 28.7 Å². The van der Waals surface area contributed by atoms with Crippen molar-refractivity contribution in [2.45, 2.75) is 12.5 Å². The summed E-state index contributed by atoms with van der Waals surface area (Å²) in [7, 11) is 0. The van der Waals surface area contributed by atoms with Crippen molar-refractivity contribution in [1.82, 2.24) is 10.2 Å². The van der Waals surface area contributed by atoms with Crippen LogP contribution in [0.25, 0.3) is 0 Å². The molecule has 3 rings (SSSR count). The number of ether oxygens (including phenoxy) is 1. The molecule has 0 spiro atoms. The van der Waals surface area contributed by atoms with Crippen molar-refractivity contribution in [3.05, 3.63) is 34.3 Å². The molecule has 2 heterocycles. The Morgan fingerprint density at radius 2 is 1.91 bits per heavy atom. The molecule has 2 aliphatic heterocycles. The minimum Gasteiger partial charge on any atom is -0.370 e. The second-order valence-electron chi connectivity index (χ2n) is 5.82. The first-order valence-corrected chi connectivity index (χ1v) is 8.11. The lowest BCUT2D eigenvalue weighted by atomic mass is 9.92. The molecule has 0 unspecified atom stereocenters. The number of benzene rings is 1. The van der Waals surface area contributed by atoms with Crippen molar-refractivity contribution in [3.63, 3.8) is 0 Å². The summed E-state index contributed by atoms with van der Waals surface area (Å²) in [6.07, 6.45) is 0. The summed E-state index contributed by atoms with van der Waals surface area (Å²) in [4.78, 5) is 27.5. The van der Waals surface area contributed by atoms with E-state index in [0.717, 1.165) is 23.1 Å². The molecule has 6 nitrogen and oxygen atoms in total. The predicted molar refractivity (Wildman–Crippen MR) is 83.3 cm³/mol. The monoisotopic (exact) mass is 368 g/mol. The lowest BCUT2D eigenvalue weighted by Gasteiger charge is -2.27. The minimum atomic E-state index is -0.997. The summed E-state index contributed by atoms with van der Waals surface area (Å²) in [6.45, 7) is 5.11. The van der Waals surface area contributed by atoms with Crippen LogP contribution >= 0.6 is 15.9 Å². The van der Waals surface area contributed by atoms with Crippen LogP contribution in [0, 0.1) is 0 Å². The van der Waals surface area contributed by atoms with E-state index >= 15 is 0 Å². The molecule has 2 aliphatic rings. The number of nitrogens with one attached hydrogen (secondary N) is 2. The quantitative estimate of drug-likeness (QED) is 0.743. The lowest BCUT2D eigenvalue weighted by Crippen LogP contribution is -3.15.